The summed E-state index contributed by atoms with van der Waals surface area (Å²) in [5, 5.41) is 20.6. The number of anilines is 1. The fourth-order valence-corrected chi connectivity index (χ4v) is 5.48. The number of hydrogen-bond donors (Lipinski definition) is 5. The fourth-order valence-electron chi connectivity index (χ4n) is 5.48. The van der Waals surface area contributed by atoms with Crippen molar-refractivity contribution >= 4 is 23.4 Å². The van der Waals surface area contributed by atoms with Gasteiger partial charge < -0.3 is 31.1 Å². The maximum atomic E-state index is 12.6. The highest BCUT2D eigenvalue weighted by atomic mass is 16.5. The molecule has 0 heterocycles. The van der Waals surface area contributed by atoms with Crippen LogP contribution in [0.15, 0.2) is 24.3 Å². The molecule has 1 aromatic carbocycles. The van der Waals surface area contributed by atoms with E-state index in [1.54, 1.807) is 24.3 Å². The normalized spacial score (nSPS) is 13.8. The van der Waals surface area contributed by atoms with Crippen LogP contribution in [0, 0.1) is 5.92 Å². The Morgan fingerprint density at radius 1 is 0.814 bits per heavy atom. The third kappa shape index (κ3) is 17.8. The predicted molar refractivity (Wildman–Crippen MR) is 173 cm³/mol. The molecule has 0 aromatic heterocycles. The van der Waals surface area contributed by atoms with E-state index in [9.17, 15) is 14.4 Å². The van der Waals surface area contributed by atoms with Crippen LogP contribution >= 0.6 is 0 Å². The average Bonchev–Trinajstić information content (AvgIpc) is 3.54. The number of carbonyl (C=O) groups is 3. The third-order valence-electron chi connectivity index (χ3n) is 8.07. The van der Waals surface area contributed by atoms with Crippen molar-refractivity contribution in [3.05, 3.63) is 24.3 Å². The molecule has 3 amide bonds. The highest BCUT2D eigenvalue weighted by Crippen LogP contribution is 2.28. The standard InChI is InChI=1S/C34H58N4O5/c1-2-3-4-5-6-7-8-9-10-13-24-35-31(40)17-14-27-43-30-21-19-29(20-22-30)37-33(34(42)36-25-26-39)38-32(41)23-18-28-15-11-12-16-28/h19-22,28,33,37,39H,2-18,23-27H2,1H3,(H,35,40)(H,36,42)(H,38,41). The lowest BCUT2D eigenvalue weighted by atomic mass is 10.0. The van der Waals surface area contributed by atoms with Crippen LogP contribution in [0.1, 0.15) is 122 Å². The molecule has 0 aliphatic heterocycles. The number of amides is 3. The highest BCUT2D eigenvalue weighted by Gasteiger charge is 2.22. The Kier molecular flexibility index (Phi) is 20.0. The van der Waals surface area contributed by atoms with Crippen LogP contribution in [-0.4, -0.2) is 55.3 Å². The van der Waals surface area contributed by atoms with E-state index >= 15 is 0 Å². The maximum absolute atomic E-state index is 12.6. The Labute approximate surface area is 259 Å². The Morgan fingerprint density at radius 2 is 1.47 bits per heavy atom. The molecule has 0 spiro atoms. The maximum Gasteiger partial charge on any atom is 0.263 e. The van der Waals surface area contributed by atoms with E-state index < -0.39 is 12.1 Å². The van der Waals surface area contributed by atoms with E-state index in [4.69, 9.17) is 9.84 Å². The van der Waals surface area contributed by atoms with Gasteiger partial charge in [0, 0.05) is 31.6 Å². The van der Waals surface area contributed by atoms with Crippen molar-refractivity contribution in [2.24, 2.45) is 5.92 Å². The summed E-state index contributed by atoms with van der Waals surface area (Å²) in [7, 11) is 0. The number of nitrogens with one attached hydrogen (secondary N) is 4. The molecule has 0 bridgehead atoms. The zero-order valence-electron chi connectivity index (χ0n) is 26.6. The number of rotatable bonds is 25. The summed E-state index contributed by atoms with van der Waals surface area (Å²) in [4.78, 5) is 37.3. The van der Waals surface area contributed by atoms with E-state index in [2.05, 4.69) is 28.2 Å². The number of aliphatic hydroxyl groups is 1. The Balaban J connectivity index is 1.60. The van der Waals surface area contributed by atoms with Gasteiger partial charge in [0.15, 0.2) is 6.17 Å². The first kappa shape index (κ1) is 36.4. The van der Waals surface area contributed by atoms with Crippen molar-refractivity contribution in [2.45, 2.75) is 129 Å². The largest absolute Gasteiger partial charge is 0.494 e. The van der Waals surface area contributed by atoms with Crippen molar-refractivity contribution in [2.75, 3.05) is 31.6 Å². The van der Waals surface area contributed by atoms with Crippen molar-refractivity contribution in [3.8, 4) is 5.75 Å². The summed E-state index contributed by atoms with van der Waals surface area (Å²) < 4.78 is 5.79. The van der Waals surface area contributed by atoms with Gasteiger partial charge in [-0.3, -0.25) is 14.4 Å². The minimum absolute atomic E-state index is 0.0647. The van der Waals surface area contributed by atoms with Crippen LogP contribution in [0.25, 0.3) is 0 Å². The third-order valence-corrected chi connectivity index (χ3v) is 8.07. The predicted octanol–water partition coefficient (Wildman–Crippen LogP) is 5.82. The highest BCUT2D eigenvalue weighted by molar-refractivity contribution is 5.89. The second-order valence-corrected chi connectivity index (χ2v) is 11.9. The molecule has 0 saturated heterocycles. The average molecular weight is 603 g/mol. The monoisotopic (exact) mass is 602 g/mol. The van der Waals surface area contributed by atoms with E-state index in [-0.39, 0.29) is 25.0 Å². The quantitative estimate of drug-likeness (QED) is 0.0709. The van der Waals surface area contributed by atoms with Gasteiger partial charge in [0.1, 0.15) is 5.75 Å². The molecular weight excluding hydrogens is 544 g/mol. The van der Waals surface area contributed by atoms with E-state index in [0.717, 1.165) is 19.4 Å². The zero-order valence-corrected chi connectivity index (χ0v) is 26.6. The summed E-state index contributed by atoms with van der Waals surface area (Å²) >= 11 is 0. The van der Waals surface area contributed by atoms with Crippen LogP contribution in [0.3, 0.4) is 0 Å². The van der Waals surface area contributed by atoms with Gasteiger partial charge in [-0.25, -0.2) is 0 Å². The van der Waals surface area contributed by atoms with E-state index in [1.807, 2.05) is 0 Å². The summed E-state index contributed by atoms with van der Waals surface area (Å²) in [6.45, 7) is 3.35. The van der Waals surface area contributed by atoms with E-state index in [0.29, 0.717) is 43.2 Å². The molecule has 1 aromatic rings. The molecule has 1 atom stereocenters. The molecule has 9 heteroatoms. The summed E-state index contributed by atoms with van der Waals surface area (Å²) in [6, 6.07) is 7.15. The Hall–Kier alpha value is -2.81. The summed E-state index contributed by atoms with van der Waals surface area (Å²) in [5.74, 6) is 0.746. The Bertz CT molecular complexity index is 889. The molecule has 1 aliphatic rings. The number of hydrogen-bond acceptors (Lipinski definition) is 6. The molecule has 5 N–H and O–H groups in total. The second kappa shape index (κ2) is 23.6. The van der Waals surface area contributed by atoms with Crippen LogP contribution in [-0.2, 0) is 14.4 Å². The fraction of sp³-hybridized carbons (Fsp3) is 0.735. The van der Waals surface area contributed by atoms with Crippen molar-refractivity contribution in [1.82, 2.24) is 16.0 Å². The first-order valence-electron chi connectivity index (χ1n) is 17.0. The lowest BCUT2D eigenvalue weighted by Crippen LogP contribution is -2.51. The van der Waals surface area contributed by atoms with Gasteiger partial charge in [-0.2, -0.15) is 0 Å². The topological polar surface area (TPSA) is 129 Å². The van der Waals surface area contributed by atoms with Gasteiger partial charge in [0.05, 0.1) is 13.2 Å². The minimum atomic E-state index is -0.951. The lowest BCUT2D eigenvalue weighted by Gasteiger charge is -2.21. The molecule has 1 aliphatic carbocycles. The van der Waals surface area contributed by atoms with Gasteiger partial charge in [0.2, 0.25) is 11.8 Å². The number of carbonyl (C=O) groups excluding carboxylic acids is 3. The number of unbranched alkanes of at least 4 members (excludes halogenated alkanes) is 9. The number of benzene rings is 1. The van der Waals surface area contributed by atoms with Gasteiger partial charge >= 0.3 is 0 Å². The smallest absolute Gasteiger partial charge is 0.263 e. The van der Waals surface area contributed by atoms with Crippen molar-refractivity contribution < 1.29 is 24.2 Å². The molecule has 0 radical (unpaired) electrons. The van der Waals surface area contributed by atoms with Gasteiger partial charge in [-0.15, -0.1) is 0 Å². The molecule has 2 rings (SSSR count). The summed E-state index contributed by atoms with van der Waals surface area (Å²) in [6.07, 6.45) is 19.0. The van der Waals surface area contributed by atoms with Crippen LogP contribution in [0.2, 0.25) is 0 Å². The molecule has 1 unspecified atom stereocenters. The van der Waals surface area contributed by atoms with Gasteiger partial charge in [-0.1, -0.05) is 90.4 Å². The van der Waals surface area contributed by atoms with Crippen LogP contribution < -0.4 is 26.0 Å². The first-order chi connectivity index (χ1) is 21.0. The first-order valence-corrected chi connectivity index (χ1v) is 17.0. The zero-order chi connectivity index (χ0) is 31.0. The lowest BCUT2D eigenvalue weighted by molar-refractivity contribution is -0.128. The van der Waals surface area contributed by atoms with Gasteiger partial charge in [-0.05, 0) is 49.4 Å². The molecule has 1 fully saturated rings. The van der Waals surface area contributed by atoms with Gasteiger partial charge in [0.25, 0.3) is 5.91 Å². The number of aliphatic hydroxyl groups excluding tert-OH is 1. The SMILES string of the molecule is CCCCCCCCCCCCNC(=O)CCCOc1ccc(NC(NC(=O)CCC2CCCC2)C(=O)NCCO)cc1. The van der Waals surface area contributed by atoms with Crippen molar-refractivity contribution in [1.29, 1.82) is 0 Å². The molecule has 1 saturated carbocycles. The molecule has 43 heavy (non-hydrogen) atoms. The molecule has 244 valence electrons. The van der Waals surface area contributed by atoms with Crippen LogP contribution in [0.4, 0.5) is 5.69 Å². The molecular formula is C34H58N4O5. The van der Waals surface area contributed by atoms with E-state index in [1.165, 1.54) is 83.5 Å². The van der Waals surface area contributed by atoms with Crippen LogP contribution in [0.5, 0.6) is 5.75 Å². The summed E-state index contributed by atoms with van der Waals surface area (Å²) in [5.41, 5.74) is 0.652. The number of ether oxygens (including phenoxy) is 1. The van der Waals surface area contributed by atoms with Crippen molar-refractivity contribution in [3.63, 3.8) is 0 Å². The Morgan fingerprint density at radius 3 is 2.12 bits per heavy atom. The minimum Gasteiger partial charge on any atom is -0.494 e. The second-order valence-electron chi connectivity index (χ2n) is 11.9. The molecule has 9 nitrogen and oxygen atoms in total.